The van der Waals surface area contributed by atoms with Gasteiger partial charge in [0.1, 0.15) is 5.75 Å². The van der Waals surface area contributed by atoms with Crippen molar-refractivity contribution in [3.8, 4) is 5.75 Å². The van der Waals surface area contributed by atoms with E-state index in [-0.39, 0.29) is 40.6 Å². The lowest BCUT2D eigenvalue weighted by Gasteiger charge is -2.12. The molecule has 0 spiro atoms. The van der Waals surface area contributed by atoms with Gasteiger partial charge in [-0.2, -0.15) is 0 Å². The predicted molar refractivity (Wildman–Crippen MR) is 98.0 cm³/mol. The molecule has 0 saturated carbocycles. The minimum atomic E-state index is -1.21. The molecule has 0 unspecified atom stereocenters. The molecule has 27 heavy (non-hydrogen) atoms. The second-order valence-corrected chi connectivity index (χ2v) is 5.51. The van der Waals surface area contributed by atoms with E-state index < -0.39 is 17.8 Å². The van der Waals surface area contributed by atoms with Gasteiger partial charge in [-0.3, -0.25) is 14.4 Å². The van der Waals surface area contributed by atoms with Crippen LogP contribution in [0.15, 0.2) is 42.5 Å². The van der Waals surface area contributed by atoms with Crippen molar-refractivity contribution in [3.63, 3.8) is 0 Å². The van der Waals surface area contributed by atoms with E-state index in [9.17, 15) is 24.3 Å². The van der Waals surface area contributed by atoms with Crippen molar-refractivity contribution in [1.82, 2.24) is 0 Å². The summed E-state index contributed by atoms with van der Waals surface area (Å²) in [5.41, 5.74) is 0.374. The Morgan fingerprint density at radius 3 is 2.33 bits per heavy atom. The summed E-state index contributed by atoms with van der Waals surface area (Å²) >= 11 is 0. The SMILES string of the molecule is CCC(=O)Nc1cc(NC(=O)c2ccccc2OC(C)=O)ccc1C(=O)O. The number of carboxylic acids is 1. The number of benzene rings is 2. The fraction of sp³-hybridized carbons (Fsp3) is 0.158. The second kappa shape index (κ2) is 8.61. The van der Waals surface area contributed by atoms with Crippen molar-refractivity contribution >= 4 is 35.1 Å². The van der Waals surface area contributed by atoms with Crippen LogP contribution in [0.4, 0.5) is 11.4 Å². The molecule has 140 valence electrons. The molecule has 2 aromatic carbocycles. The first-order chi connectivity index (χ1) is 12.8. The molecule has 0 aromatic heterocycles. The van der Waals surface area contributed by atoms with Crippen LogP contribution < -0.4 is 15.4 Å². The smallest absolute Gasteiger partial charge is 0.337 e. The van der Waals surface area contributed by atoms with Crippen LogP contribution in [0.5, 0.6) is 5.75 Å². The zero-order chi connectivity index (χ0) is 20.0. The topological polar surface area (TPSA) is 122 Å². The summed E-state index contributed by atoms with van der Waals surface area (Å²) in [6.07, 6.45) is 0.172. The molecule has 0 saturated heterocycles. The highest BCUT2D eigenvalue weighted by atomic mass is 16.5. The zero-order valence-electron chi connectivity index (χ0n) is 14.7. The maximum absolute atomic E-state index is 12.5. The summed E-state index contributed by atoms with van der Waals surface area (Å²) in [4.78, 5) is 46.6. The number of hydrogen-bond acceptors (Lipinski definition) is 5. The molecule has 0 radical (unpaired) electrons. The molecule has 0 aliphatic carbocycles. The third-order valence-electron chi connectivity index (χ3n) is 3.49. The maximum atomic E-state index is 12.5. The molecule has 0 aliphatic heterocycles. The first-order valence-electron chi connectivity index (χ1n) is 8.07. The molecule has 2 amide bonds. The number of carboxylic acid groups (broad SMARTS) is 1. The van der Waals surface area contributed by atoms with E-state index in [1.54, 1.807) is 19.1 Å². The number of ether oxygens (including phenoxy) is 1. The van der Waals surface area contributed by atoms with Crippen LogP contribution in [-0.4, -0.2) is 28.9 Å². The van der Waals surface area contributed by atoms with Crippen molar-refractivity contribution in [3.05, 3.63) is 53.6 Å². The Morgan fingerprint density at radius 2 is 1.70 bits per heavy atom. The fourth-order valence-electron chi connectivity index (χ4n) is 2.25. The molecule has 2 rings (SSSR count). The van der Waals surface area contributed by atoms with Crippen molar-refractivity contribution in [2.24, 2.45) is 0 Å². The van der Waals surface area contributed by atoms with Crippen molar-refractivity contribution in [2.45, 2.75) is 20.3 Å². The van der Waals surface area contributed by atoms with Gasteiger partial charge in [-0.05, 0) is 30.3 Å². The van der Waals surface area contributed by atoms with Gasteiger partial charge in [0.05, 0.1) is 16.8 Å². The van der Waals surface area contributed by atoms with E-state index in [0.29, 0.717) is 0 Å². The largest absolute Gasteiger partial charge is 0.478 e. The summed E-state index contributed by atoms with van der Waals surface area (Å²) in [6.45, 7) is 2.86. The number of para-hydroxylation sites is 1. The van der Waals surface area contributed by atoms with Gasteiger partial charge in [0.2, 0.25) is 5.91 Å². The summed E-state index contributed by atoms with van der Waals surface area (Å²) in [6, 6.07) is 10.2. The second-order valence-electron chi connectivity index (χ2n) is 5.51. The highest BCUT2D eigenvalue weighted by Gasteiger charge is 2.16. The third kappa shape index (κ3) is 5.15. The lowest BCUT2D eigenvalue weighted by molar-refractivity contribution is -0.131. The Hall–Kier alpha value is -3.68. The number of rotatable bonds is 6. The van der Waals surface area contributed by atoms with E-state index in [2.05, 4.69) is 10.6 Å². The number of esters is 1. The van der Waals surface area contributed by atoms with Gasteiger partial charge in [0.25, 0.3) is 5.91 Å². The number of nitrogens with one attached hydrogen (secondary N) is 2. The highest BCUT2D eigenvalue weighted by molar-refractivity contribution is 6.08. The van der Waals surface area contributed by atoms with E-state index in [0.717, 1.165) is 0 Å². The van der Waals surface area contributed by atoms with Gasteiger partial charge < -0.3 is 20.5 Å². The van der Waals surface area contributed by atoms with Crippen LogP contribution in [0, 0.1) is 0 Å². The first kappa shape index (κ1) is 19.6. The normalized spacial score (nSPS) is 10.0. The first-order valence-corrected chi connectivity index (χ1v) is 8.07. The molecule has 0 bridgehead atoms. The summed E-state index contributed by atoms with van der Waals surface area (Å²) < 4.78 is 5.01. The molecule has 0 fully saturated rings. The molecule has 0 heterocycles. The Bertz CT molecular complexity index is 907. The fourth-order valence-corrected chi connectivity index (χ4v) is 2.25. The summed E-state index contributed by atoms with van der Waals surface area (Å²) in [7, 11) is 0. The van der Waals surface area contributed by atoms with E-state index >= 15 is 0 Å². The summed E-state index contributed by atoms with van der Waals surface area (Å²) in [5.74, 6) is -2.59. The van der Waals surface area contributed by atoms with Gasteiger partial charge in [-0.1, -0.05) is 19.1 Å². The number of amides is 2. The van der Waals surface area contributed by atoms with Crippen LogP contribution >= 0.6 is 0 Å². The van der Waals surface area contributed by atoms with Crippen LogP contribution in [0.25, 0.3) is 0 Å². The predicted octanol–water partition coefficient (Wildman–Crippen LogP) is 2.91. The molecule has 2 aromatic rings. The highest BCUT2D eigenvalue weighted by Crippen LogP contribution is 2.24. The molecule has 0 atom stereocenters. The Balaban J connectivity index is 2.31. The molecular formula is C19H18N2O6. The number of hydrogen-bond donors (Lipinski definition) is 3. The van der Waals surface area contributed by atoms with Gasteiger partial charge in [0, 0.05) is 19.0 Å². The summed E-state index contributed by atoms with van der Waals surface area (Å²) in [5, 5.41) is 14.3. The molecule has 8 nitrogen and oxygen atoms in total. The quantitative estimate of drug-likeness (QED) is 0.531. The van der Waals surface area contributed by atoms with Crippen LogP contribution in [-0.2, 0) is 9.59 Å². The minimum Gasteiger partial charge on any atom is -0.478 e. The van der Waals surface area contributed by atoms with Gasteiger partial charge in [0.15, 0.2) is 0 Å². The lowest BCUT2D eigenvalue weighted by atomic mass is 10.1. The molecular weight excluding hydrogens is 352 g/mol. The monoisotopic (exact) mass is 370 g/mol. The van der Waals surface area contributed by atoms with E-state index in [4.69, 9.17) is 4.74 Å². The average molecular weight is 370 g/mol. The zero-order valence-corrected chi connectivity index (χ0v) is 14.7. The molecule has 3 N–H and O–H groups in total. The Kier molecular flexibility index (Phi) is 6.27. The van der Waals surface area contributed by atoms with Gasteiger partial charge in [-0.15, -0.1) is 0 Å². The molecule has 8 heteroatoms. The van der Waals surface area contributed by atoms with E-state index in [1.807, 2.05) is 0 Å². The third-order valence-corrected chi connectivity index (χ3v) is 3.49. The molecule has 0 aliphatic rings. The average Bonchev–Trinajstić information content (AvgIpc) is 2.61. The van der Waals surface area contributed by atoms with Crippen molar-refractivity contribution in [2.75, 3.05) is 10.6 Å². The lowest BCUT2D eigenvalue weighted by Crippen LogP contribution is -2.16. The number of anilines is 2. The Morgan fingerprint density at radius 1 is 1.00 bits per heavy atom. The van der Waals surface area contributed by atoms with Crippen LogP contribution in [0.2, 0.25) is 0 Å². The number of carbonyl (C=O) groups is 4. The minimum absolute atomic E-state index is 0.0698. The van der Waals surface area contributed by atoms with Crippen molar-refractivity contribution in [1.29, 1.82) is 0 Å². The standard InChI is InChI=1S/C19H18N2O6/c1-3-17(23)21-15-10-12(8-9-13(15)19(25)26)20-18(24)14-6-4-5-7-16(14)27-11(2)22/h4-10H,3H2,1-2H3,(H,20,24)(H,21,23)(H,25,26). The van der Waals surface area contributed by atoms with E-state index in [1.165, 1.54) is 37.3 Å². The number of carbonyl (C=O) groups excluding carboxylic acids is 3. The van der Waals surface area contributed by atoms with Gasteiger partial charge in [-0.25, -0.2) is 4.79 Å². The van der Waals surface area contributed by atoms with Crippen molar-refractivity contribution < 1.29 is 29.0 Å². The Labute approximate surface area is 155 Å². The maximum Gasteiger partial charge on any atom is 0.337 e. The van der Waals surface area contributed by atoms with Crippen LogP contribution in [0.3, 0.4) is 0 Å². The van der Waals surface area contributed by atoms with Gasteiger partial charge >= 0.3 is 11.9 Å². The van der Waals surface area contributed by atoms with Crippen LogP contribution in [0.1, 0.15) is 41.0 Å². The number of aromatic carboxylic acids is 1.